The molecule has 7 nitrogen and oxygen atoms in total. The summed E-state index contributed by atoms with van der Waals surface area (Å²) in [6.07, 6.45) is 3.71. The summed E-state index contributed by atoms with van der Waals surface area (Å²) in [5, 5.41) is 2.94. The molecule has 3 heterocycles. The fourth-order valence-corrected chi connectivity index (χ4v) is 3.54. The van der Waals surface area contributed by atoms with Crippen LogP contribution in [0.3, 0.4) is 0 Å². The van der Waals surface area contributed by atoms with Gasteiger partial charge in [0.2, 0.25) is 0 Å². The lowest BCUT2D eigenvalue weighted by Crippen LogP contribution is -2.45. The Bertz CT molecular complexity index is 1020. The Labute approximate surface area is 181 Å². The number of anilines is 2. The van der Waals surface area contributed by atoms with Gasteiger partial charge in [0.15, 0.2) is 17.5 Å². The van der Waals surface area contributed by atoms with Crippen LogP contribution in [0, 0.1) is 5.82 Å². The van der Waals surface area contributed by atoms with Crippen LogP contribution in [-0.4, -0.2) is 63.8 Å². The third-order valence-corrected chi connectivity index (χ3v) is 5.44. The monoisotopic (exact) mass is 420 g/mol. The number of rotatable bonds is 7. The summed E-state index contributed by atoms with van der Waals surface area (Å²) < 4.78 is 14.3. The molecule has 0 saturated carbocycles. The van der Waals surface area contributed by atoms with Crippen molar-refractivity contribution in [3.63, 3.8) is 0 Å². The Morgan fingerprint density at radius 3 is 2.39 bits per heavy atom. The first-order chi connectivity index (χ1) is 15.1. The van der Waals surface area contributed by atoms with Gasteiger partial charge < -0.3 is 10.2 Å². The van der Waals surface area contributed by atoms with E-state index in [4.69, 9.17) is 0 Å². The minimum atomic E-state index is -0.562. The van der Waals surface area contributed by atoms with Gasteiger partial charge in [-0.05, 0) is 18.2 Å². The highest BCUT2D eigenvalue weighted by Crippen LogP contribution is 2.21. The standard InChI is InChI=1S/C23H25FN6O/c1-2-29-9-11-30(12-10-29)15-18-5-8-21(25-13-18)27-23-20(24)14-26-22(28-23)19-6-3-17(16-31)4-7-19/h3-8,13-14,16H,2,9-12,15H2,1H3,(H,25,26,27,28). The molecule has 4 rings (SSSR count). The lowest BCUT2D eigenvalue weighted by Gasteiger charge is -2.33. The maximum atomic E-state index is 14.3. The SMILES string of the molecule is CCN1CCN(Cc2ccc(Nc3nc(-c4ccc(C=O)cc4)ncc3F)nc2)CC1. The van der Waals surface area contributed by atoms with Gasteiger partial charge in [-0.2, -0.15) is 0 Å². The number of pyridine rings is 1. The molecule has 0 spiro atoms. The van der Waals surface area contributed by atoms with E-state index in [1.54, 1.807) is 24.3 Å². The van der Waals surface area contributed by atoms with Crippen LogP contribution in [0.4, 0.5) is 16.0 Å². The van der Waals surface area contributed by atoms with Crippen LogP contribution in [0.15, 0.2) is 48.8 Å². The van der Waals surface area contributed by atoms with Gasteiger partial charge >= 0.3 is 0 Å². The Morgan fingerprint density at radius 2 is 1.74 bits per heavy atom. The van der Waals surface area contributed by atoms with Gasteiger partial charge in [0, 0.05) is 50.0 Å². The number of benzene rings is 1. The van der Waals surface area contributed by atoms with E-state index >= 15 is 0 Å². The van der Waals surface area contributed by atoms with Crippen LogP contribution in [0.5, 0.6) is 0 Å². The maximum Gasteiger partial charge on any atom is 0.184 e. The fourth-order valence-electron chi connectivity index (χ4n) is 3.54. The molecule has 1 fully saturated rings. The van der Waals surface area contributed by atoms with E-state index in [2.05, 4.69) is 37.0 Å². The van der Waals surface area contributed by atoms with E-state index in [0.717, 1.165) is 57.3 Å². The zero-order valence-electron chi connectivity index (χ0n) is 17.5. The zero-order valence-corrected chi connectivity index (χ0v) is 17.5. The third-order valence-electron chi connectivity index (χ3n) is 5.44. The van der Waals surface area contributed by atoms with Gasteiger partial charge in [0.05, 0.1) is 6.20 Å². The molecule has 3 aromatic rings. The number of carbonyl (C=O) groups excluding carboxylic acids is 1. The van der Waals surface area contributed by atoms with Crippen molar-refractivity contribution < 1.29 is 9.18 Å². The summed E-state index contributed by atoms with van der Waals surface area (Å²) in [6, 6.07) is 10.6. The summed E-state index contributed by atoms with van der Waals surface area (Å²) in [5.41, 5.74) is 2.37. The van der Waals surface area contributed by atoms with E-state index in [1.165, 1.54) is 0 Å². The lowest BCUT2D eigenvalue weighted by atomic mass is 10.1. The van der Waals surface area contributed by atoms with Crippen molar-refractivity contribution >= 4 is 17.9 Å². The van der Waals surface area contributed by atoms with Crippen LogP contribution in [0.25, 0.3) is 11.4 Å². The number of carbonyl (C=O) groups is 1. The third kappa shape index (κ3) is 5.28. The van der Waals surface area contributed by atoms with Crippen LogP contribution < -0.4 is 5.32 Å². The number of likely N-dealkylation sites (N-methyl/N-ethyl adjacent to an activating group) is 1. The highest BCUT2D eigenvalue weighted by Gasteiger charge is 2.16. The Morgan fingerprint density at radius 1 is 1.00 bits per heavy atom. The molecule has 1 aliphatic heterocycles. The number of hydrogen-bond acceptors (Lipinski definition) is 7. The Kier molecular flexibility index (Phi) is 6.59. The maximum absolute atomic E-state index is 14.3. The highest BCUT2D eigenvalue weighted by molar-refractivity contribution is 5.76. The molecule has 0 radical (unpaired) electrons. The molecule has 8 heteroatoms. The average molecular weight is 420 g/mol. The van der Waals surface area contributed by atoms with E-state index in [-0.39, 0.29) is 5.82 Å². The molecule has 31 heavy (non-hydrogen) atoms. The van der Waals surface area contributed by atoms with Crippen molar-refractivity contribution in [3.8, 4) is 11.4 Å². The van der Waals surface area contributed by atoms with Crippen molar-refractivity contribution in [1.82, 2.24) is 24.8 Å². The van der Waals surface area contributed by atoms with Crippen LogP contribution in [0.2, 0.25) is 0 Å². The predicted molar refractivity (Wildman–Crippen MR) is 118 cm³/mol. The molecule has 0 unspecified atom stereocenters. The number of aldehydes is 1. The highest BCUT2D eigenvalue weighted by atomic mass is 19.1. The first kappa shape index (κ1) is 21.0. The number of piperazine rings is 1. The topological polar surface area (TPSA) is 74.2 Å². The molecule has 2 aromatic heterocycles. The van der Waals surface area contributed by atoms with Crippen LogP contribution in [-0.2, 0) is 6.54 Å². The summed E-state index contributed by atoms with van der Waals surface area (Å²) in [4.78, 5) is 28.4. The quantitative estimate of drug-likeness (QED) is 0.588. The average Bonchev–Trinajstić information content (AvgIpc) is 2.82. The summed E-state index contributed by atoms with van der Waals surface area (Å²) in [5.74, 6) is 0.372. The second-order valence-corrected chi connectivity index (χ2v) is 7.52. The first-order valence-electron chi connectivity index (χ1n) is 10.4. The molecular weight excluding hydrogens is 395 g/mol. The van der Waals surface area contributed by atoms with Gasteiger partial charge in [-0.3, -0.25) is 9.69 Å². The number of nitrogens with one attached hydrogen (secondary N) is 1. The first-order valence-corrected chi connectivity index (χ1v) is 10.4. The van der Waals surface area contributed by atoms with Crippen molar-refractivity contribution in [2.24, 2.45) is 0 Å². The number of nitrogens with zero attached hydrogens (tertiary/aromatic N) is 5. The number of hydrogen-bond donors (Lipinski definition) is 1. The van der Waals surface area contributed by atoms with Crippen LogP contribution in [0.1, 0.15) is 22.8 Å². The molecule has 1 N–H and O–H groups in total. The lowest BCUT2D eigenvalue weighted by molar-refractivity contribution is 0.112. The van der Waals surface area contributed by atoms with Gasteiger partial charge in [0.1, 0.15) is 12.1 Å². The van der Waals surface area contributed by atoms with E-state index in [0.29, 0.717) is 22.8 Å². The van der Waals surface area contributed by atoms with Crippen LogP contribution >= 0.6 is 0 Å². The zero-order chi connectivity index (χ0) is 21.6. The second-order valence-electron chi connectivity index (χ2n) is 7.52. The molecule has 1 aromatic carbocycles. The Balaban J connectivity index is 1.42. The minimum Gasteiger partial charge on any atom is -0.322 e. The van der Waals surface area contributed by atoms with E-state index in [9.17, 15) is 9.18 Å². The molecular formula is C23H25FN6O. The molecule has 160 valence electrons. The summed E-state index contributed by atoms with van der Waals surface area (Å²) in [6.45, 7) is 8.44. The summed E-state index contributed by atoms with van der Waals surface area (Å²) in [7, 11) is 0. The predicted octanol–water partition coefficient (Wildman–Crippen LogP) is 3.37. The van der Waals surface area contributed by atoms with Crippen molar-refractivity contribution in [1.29, 1.82) is 0 Å². The number of halogens is 1. The molecule has 1 aliphatic rings. The Hall–Kier alpha value is -3.23. The smallest absolute Gasteiger partial charge is 0.184 e. The van der Waals surface area contributed by atoms with Gasteiger partial charge in [-0.25, -0.2) is 19.3 Å². The van der Waals surface area contributed by atoms with Gasteiger partial charge in [-0.1, -0.05) is 37.3 Å². The molecule has 1 saturated heterocycles. The molecule has 0 bridgehead atoms. The summed E-state index contributed by atoms with van der Waals surface area (Å²) >= 11 is 0. The van der Waals surface area contributed by atoms with Crippen molar-refractivity contribution in [2.45, 2.75) is 13.5 Å². The largest absolute Gasteiger partial charge is 0.322 e. The molecule has 0 aliphatic carbocycles. The molecule has 0 atom stereocenters. The normalized spacial score (nSPS) is 15.0. The van der Waals surface area contributed by atoms with Gasteiger partial charge in [-0.15, -0.1) is 0 Å². The fraction of sp³-hybridized carbons (Fsp3) is 0.304. The minimum absolute atomic E-state index is 0.0559. The van der Waals surface area contributed by atoms with Gasteiger partial charge in [0.25, 0.3) is 0 Å². The molecule has 0 amide bonds. The van der Waals surface area contributed by atoms with E-state index in [1.807, 2.05) is 18.3 Å². The number of aromatic nitrogens is 3. The van der Waals surface area contributed by atoms with Crippen molar-refractivity contribution in [2.75, 3.05) is 38.0 Å². The van der Waals surface area contributed by atoms with E-state index < -0.39 is 5.82 Å². The second kappa shape index (κ2) is 9.72. The van der Waals surface area contributed by atoms with Crippen molar-refractivity contribution in [3.05, 3.63) is 65.7 Å².